The van der Waals surface area contributed by atoms with Crippen LogP contribution in [0.5, 0.6) is 0 Å². The Labute approximate surface area is 199 Å². The second kappa shape index (κ2) is 9.65. The number of benzene rings is 2. The first-order valence-corrected chi connectivity index (χ1v) is 11.8. The molecule has 1 heterocycles. The van der Waals surface area contributed by atoms with Gasteiger partial charge in [-0.2, -0.15) is 18.2 Å². The third-order valence-electron chi connectivity index (χ3n) is 6.35. The molecule has 2 N–H and O–H groups in total. The van der Waals surface area contributed by atoms with Gasteiger partial charge < -0.3 is 10.6 Å². The maximum absolute atomic E-state index is 13.6. The Morgan fingerprint density at radius 1 is 0.794 bits per heavy atom. The van der Waals surface area contributed by atoms with E-state index in [2.05, 4.69) is 53.5 Å². The van der Waals surface area contributed by atoms with Crippen molar-refractivity contribution < 1.29 is 13.2 Å². The van der Waals surface area contributed by atoms with Gasteiger partial charge in [0.15, 0.2) is 0 Å². The highest BCUT2D eigenvalue weighted by molar-refractivity contribution is 5.63. The molecule has 1 aliphatic carbocycles. The van der Waals surface area contributed by atoms with Crippen molar-refractivity contribution in [3.8, 4) is 0 Å². The highest BCUT2D eigenvalue weighted by Gasteiger charge is 2.35. The third-order valence-corrected chi connectivity index (χ3v) is 6.35. The third kappa shape index (κ3) is 5.88. The summed E-state index contributed by atoms with van der Waals surface area (Å²) in [6, 6.07) is 15.4. The van der Waals surface area contributed by atoms with Crippen molar-refractivity contribution in [1.29, 1.82) is 0 Å². The normalized spacial score (nSPS) is 15.2. The van der Waals surface area contributed by atoms with E-state index in [4.69, 9.17) is 0 Å². The van der Waals surface area contributed by atoms with Crippen LogP contribution in [0, 0.1) is 0 Å². The van der Waals surface area contributed by atoms with Crippen LogP contribution >= 0.6 is 0 Å². The number of nitrogens with one attached hydrogen (secondary N) is 2. The molecule has 0 radical (unpaired) electrons. The number of halogens is 3. The van der Waals surface area contributed by atoms with E-state index in [1.165, 1.54) is 37.7 Å². The molecule has 1 aliphatic rings. The molecular formula is C27H31F3N4. The molecule has 0 bridgehead atoms. The second-order valence-corrected chi connectivity index (χ2v) is 9.99. The van der Waals surface area contributed by atoms with Crippen molar-refractivity contribution in [1.82, 2.24) is 9.97 Å². The van der Waals surface area contributed by atoms with Gasteiger partial charge >= 0.3 is 6.18 Å². The van der Waals surface area contributed by atoms with Gasteiger partial charge in [-0.05, 0) is 59.6 Å². The van der Waals surface area contributed by atoms with E-state index >= 15 is 0 Å². The van der Waals surface area contributed by atoms with Gasteiger partial charge in [0.05, 0.1) is 0 Å². The van der Waals surface area contributed by atoms with Crippen LogP contribution in [0.4, 0.5) is 36.3 Å². The summed E-state index contributed by atoms with van der Waals surface area (Å²) in [4.78, 5) is 8.08. The van der Waals surface area contributed by atoms with Gasteiger partial charge in [0.2, 0.25) is 5.95 Å². The fourth-order valence-corrected chi connectivity index (χ4v) is 4.34. The Morgan fingerprint density at radius 3 is 1.97 bits per heavy atom. The lowest BCUT2D eigenvalue weighted by Gasteiger charge is -2.22. The molecule has 1 aromatic heterocycles. The Morgan fingerprint density at radius 2 is 1.38 bits per heavy atom. The number of anilines is 4. The number of aromatic nitrogens is 2. The summed E-state index contributed by atoms with van der Waals surface area (Å²) in [5.74, 6) is 0.408. The molecule has 1 fully saturated rings. The van der Waals surface area contributed by atoms with Crippen molar-refractivity contribution >= 4 is 23.1 Å². The SMILES string of the molecule is CC(C)(C)c1ccc(Nc2nc(Nc3ccc(C4CCCCC4)cc3)ncc2C(F)(F)F)cc1. The van der Waals surface area contributed by atoms with Gasteiger partial charge in [-0.3, -0.25) is 0 Å². The van der Waals surface area contributed by atoms with Crippen LogP contribution in [0.3, 0.4) is 0 Å². The van der Waals surface area contributed by atoms with Crippen LogP contribution in [-0.2, 0) is 11.6 Å². The summed E-state index contributed by atoms with van der Waals surface area (Å²) in [7, 11) is 0. The number of hydrogen-bond donors (Lipinski definition) is 2. The predicted octanol–water partition coefficient (Wildman–Crippen LogP) is 8.33. The maximum atomic E-state index is 13.6. The first kappa shape index (κ1) is 24.0. The van der Waals surface area contributed by atoms with Crippen LogP contribution in [-0.4, -0.2) is 9.97 Å². The minimum atomic E-state index is -4.58. The lowest BCUT2D eigenvalue weighted by molar-refractivity contribution is -0.137. The van der Waals surface area contributed by atoms with Gasteiger partial charge in [-0.1, -0.05) is 64.3 Å². The molecule has 2 aromatic carbocycles. The van der Waals surface area contributed by atoms with Crippen molar-refractivity contribution in [2.24, 2.45) is 0 Å². The Bertz CT molecular complexity index is 1090. The number of alkyl halides is 3. The van der Waals surface area contributed by atoms with Gasteiger partial charge in [0.1, 0.15) is 11.4 Å². The fraction of sp³-hybridized carbons (Fsp3) is 0.407. The zero-order chi connectivity index (χ0) is 24.3. The first-order valence-electron chi connectivity index (χ1n) is 11.8. The summed E-state index contributed by atoms with van der Waals surface area (Å²) in [6.07, 6.45) is 2.49. The Kier molecular flexibility index (Phi) is 6.82. The first-order chi connectivity index (χ1) is 16.1. The molecule has 34 heavy (non-hydrogen) atoms. The monoisotopic (exact) mass is 468 g/mol. The van der Waals surface area contributed by atoms with Gasteiger partial charge in [0, 0.05) is 17.6 Å². The lowest BCUT2D eigenvalue weighted by atomic mass is 9.84. The average Bonchev–Trinajstić information content (AvgIpc) is 2.79. The molecule has 0 saturated heterocycles. The predicted molar refractivity (Wildman–Crippen MR) is 131 cm³/mol. The minimum absolute atomic E-state index is 0.0474. The van der Waals surface area contributed by atoms with Gasteiger partial charge in [0.25, 0.3) is 0 Å². The largest absolute Gasteiger partial charge is 0.421 e. The van der Waals surface area contributed by atoms with E-state index < -0.39 is 11.7 Å². The maximum Gasteiger partial charge on any atom is 0.421 e. The molecule has 180 valence electrons. The molecule has 0 aliphatic heterocycles. The summed E-state index contributed by atoms with van der Waals surface area (Å²) in [5.41, 5.74) is 2.70. The molecule has 4 nitrogen and oxygen atoms in total. The molecular weight excluding hydrogens is 437 g/mol. The van der Waals surface area contributed by atoms with Crippen LogP contribution in [0.1, 0.15) is 75.5 Å². The van der Waals surface area contributed by atoms with Crippen molar-refractivity contribution in [2.75, 3.05) is 10.6 Å². The van der Waals surface area contributed by atoms with Crippen LogP contribution in [0.25, 0.3) is 0 Å². The van der Waals surface area contributed by atoms with E-state index in [9.17, 15) is 13.2 Å². The molecule has 1 saturated carbocycles. The van der Waals surface area contributed by atoms with E-state index in [1.54, 1.807) is 12.1 Å². The highest BCUT2D eigenvalue weighted by Crippen LogP contribution is 2.36. The van der Waals surface area contributed by atoms with Gasteiger partial charge in [-0.15, -0.1) is 0 Å². The summed E-state index contributed by atoms with van der Waals surface area (Å²) in [5, 5.41) is 5.86. The van der Waals surface area contributed by atoms with E-state index in [1.807, 2.05) is 24.3 Å². The molecule has 0 spiro atoms. The second-order valence-electron chi connectivity index (χ2n) is 9.99. The summed E-state index contributed by atoms with van der Waals surface area (Å²) in [6.45, 7) is 6.25. The average molecular weight is 469 g/mol. The Hall–Kier alpha value is -3.09. The fourth-order valence-electron chi connectivity index (χ4n) is 4.34. The summed E-state index contributed by atoms with van der Waals surface area (Å²) >= 11 is 0. The van der Waals surface area contributed by atoms with E-state index in [0.29, 0.717) is 11.6 Å². The quantitative estimate of drug-likeness (QED) is 0.395. The van der Waals surface area contributed by atoms with Crippen molar-refractivity contribution in [3.05, 3.63) is 71.4 Å². The van der Waals surface area contributed by atoms with Crippen molar-refractivity contribution in [3.63, 3.8) is 0 Å². The topological polar surface area (TPSA) is 49.8 Å². The smallest absolute Gasteiger partial charge is 0.340 e. The lowest BCUT2D eigenvalue weighted by Crippen LogP contribution is -2.13. The zero-order valence-corrected chi connectivity index (χ0v) is 19.8. The number of hydrogen-bond acceptors (Lipinski definition) is 4. The summed E-state index contributed by atoms with van der Waals surface area (Å²) < 4.78 is 40.8. The van der Waals surface area contributed by atoms with E-state index in [-0.39, 0.29) is 17.2 Å². The van der Waals surface area contributed by atoms with Crippen molar-refractivity contribution in [2.45, 2.75) is 70.4 Å². The van der Waals surface area contributed by atoms with Crippen LogP contribution in [0.15, 0.2) is 54.7 Å². The zero-order valence-electron chi connectivity index (χ0n) is 19.8. The van der Waals surface area contributed by atoms with Gasteiger partial charge in [-0.25, -0.2) is 4.98 Å². The standard InChI is InChI=1S/C27H31F3N4/c1-26(2,3)20-11-15-21(16-12-20)32-24-23(27(28,29)30)17-31-25(34-24)33-22-13-9-19(10-14-22)18-7-5-4-6-8-18/h9-18H,4-8H2,1-3H3,(H2,31,32,33,34). The molecule has 7 heteroatoms. The molecule has 0 unspecified atom stereocenters. The number of rotatable bonds is 5. The molecule has 3 aromatic rings. The van der Waals surface area contributed by atoms with E-state index in [0.717, 1.165) is 17.4 Å². The molecule has 0 atom stereocenters. The van der Waals surface area contributed by atoms with Crippen LogP contribution in [0.2, 0.25) is 0 Å². The highest BCUT2D eigenvalue weighted by atomic mass is 19.4. The minimum Gasteiger partial charge on any atom is -0.340 e. The number of nitrogens with zero attached hydrogens (tertiary/aromatic N) is 2. The Balaban J connectivity index is 1.54. The van der Waals surface area contributed by atoms with Crippen LogP contribution < -0.4 is 10.6 Å². The molecule has 0 amide bonds. The molecule has 4 rings (SSSR count).